The van der Waals surface area contributed by atoms with Crippen LogP contribution in [0.2, 0.25) is 0 Å². The molecule has 2 fully saturated rings. The molecule has 2 unspecified atom stereocenters. The highest BCUT2D eigenvalue weighted by Gasteiger charge is 2.41. The van der Waals surface area contributed by atoms with Gasteiger partial charge < -0.3 is 5.32 Å². The van der Waals surface area contributed by atoms with Crippen molar-refractivity contribution in [2.45, 2.75) is 37.8 Å². The summed E-state index contributed by atoms with van der Waals surface area (Å²) in [6, 6.07) is 8.77. The number of rotatable bonds is 4. The fourth-order valence-electron chi connectivity index (χ4n) is 3.57. The van der Waals surface area contributed by atoms with Crippen LogP contribution in [-0.2, 0) is 4.79 Å². The zero-order valence-corrected chi connectivity index (χ0v) is 15.4. The van der Waals surface area contributed by atoms with Crippen LogP contribution in [0.3, 0.4) is 0 Å². The van der Waals surface area contributed by atoms with Crippen LogP contribution in [0, 0.1) is 0 Å². The molecule has 9 heteroatoms. The third kappa shape index (κ3) is 3.59. The SMILES string of the molecule is O=C(NC1CCCCC1N1C(=O)CSC1=O)c1cnn(-c2ccccc2)n1. The van der Waals surface area contributed by atoms with E-state index in [1.165, 1.54) is 15.9 Å². The van der Waals surface area contributed by atoms with Crippen LogP contribution in [0.1, 0.15) is 36.2 Å². The van der Waals surface area contributed by atoms with Crippen molar-refractivity contribution < 1.29 is 14.4 Å². The second-order valence-corrected chi connectivity index (χ2v) is 7.53. The molecule has 1 saturated carbocycles. The average Bonchev–Trinajstić information content (AvgIpc) is 3.30. The summed E-state index contributed by atoms with van der Waals surface area (Å²) in [6.45, 7) is 0. The van der Waals surface area contributed by atoms with Crippen LogP contribution in [0.4, 0.5) is 4.79 Å². The molecule has 0 radical (unpaired) electrons. The van der Waals surface area contributed by atoms with Gasteiger partial charge >= 0.3 is 0 Å². The number of para-hydroxylation sites is 1. The highest BCUT2D eigenvalue weighted by molar-refractivity contribution is 8.14. The summed E-state index contributed by atoms with van der Waals surface area (Å²) in [5.74, 6) is -0.339. The van der Waals surface area contributed by atoms with Gasteiger partial charge in [0.25, 0.3) is 11.1 Å². The predicted octanol–water partition coefficient (Wildman–Crippen LogP) is 2.00. The molecule has 8 nitrogen and oxygen atoms in total. The molecular formula is C18H19N5O3S. The molecule has 1 aliphatic carbocycles. The first-order chi connectivity index (χ1) is 13.1. The van der Waals surface area contributed by atoms with Crippen LogP contribution < -0.4 is 5.32 Å². The van der Waals surface area contributed by atoms with Crippen molar-refractivity contribution in [2.75, 3.05) is 5.75 Å². The number of carbonyl (C=O) groups is 3. The lowest BCUT2D eigenvalue weighted by Gasteiger charge is -2.36. The van der Waals surface area contributed by atoms with Crippen LogP contribution in [0.25, 0.3) is 5.69 Å². The van der Waals surface area contributed by atoms with Gasteiger partial charge in [0.2, 0.25) is 5.91 Å². The number of hydrogen-bond acceptors (Lipinski definition) is 6. The van der Waals surface area contributed by atoms with Crippen molar-refractivity contribution in [1.82, 2.24) is 25.2 Å². The van der Waals surface area contributed by atoms with E-state index >= 15 is 0 Å². The maximum atomic E-state index is 12.7. The van der Waals surface area contributed by atoms with Gasteiger partial charge in [0.15, 0.2) is 5.69 Å². The van der Waals surface area contributed by atoms with E-state index in [1.807, 2.05) is 30.3 Å². The highest BCUT2D eigenvalue weighted by atomic mass is 32.2. The van der Waals surface area contributed by atoms with E-state index in [-0.39, 0.29) is 40.6 Å². The van der Waals surface area contributed by atoms with E-state index in [2.05, 4.69) is 15.5 Å². The highest BCUT2D eigenvalue weighted by Crippen LogP contribution is 2.30. The number of carbonyl (C=O) groups excluding carboxylic acids is 3. The number of amides is 3. The Kier molecular flexibility index (Phi) is 4.93. The van der Waals surface area contributed by atoms with Gasteiger partial charge in [0.1, 0.15) is 0 Å². The van der Waals surface area contributed by atoms with E-state index < -0.39 is 0 Å². The number of hydrogen-bond donors (Lipinski definition) is 1. The Hall–Kier alpha value is -2.68. The summed E-state index contributed by atoms with van der Waals surface area (Å²) in [7, 11) is 0. The van der Waals surface area contributed by atoms with Gasteiger partial charge in [-0.05, 0) is 25.0 Å². The van der Waals surface area contributed by atoms with Gasteiger partial charge in [-0.3, -0.25) is 19.3 Å². The Balaban J connectivity index is 1.49. The van der Waals surface area contributed by atoms with Crippen molar-refractivity contribution in [3.63, 3.8) is 0 Å². The minimum Gasteiger partial charge on any atom is -0.346 e. The molecule has 1 aromatic carbocycles. The molecule has 2 heterocycles. The quantitative estimate of drug-likeness (QED) is 0.865. The number of aromatic nitrogens is 3. The van der Waals surface area contributed by atoms with Crippen LogP contribution in [0.15, 0.2) is 36.5 Å². The summed E-state index contributed by atoms with van der Waals surface area (Å²) in [5, 5.41) is 11.1. The molecule has 1 aliphatic heterocycles. The molecule has 2 aliphatic rings. The van der Waals surface area contributed by atoms with E-state index in [0.29, 0.717) is 6.42 Å². The summed E-state index contributed by atoms with van der Waals surface area (Å²) >= 11 is 1.02. The maximum Gasteiger partial charge on any atom is 0.289 e. The van der Waals surface area contributed by atoms with Gasteiger partial charge in [-0.25, -0.2) is 0 Å². The summed E-state index contributed by atoms with van der Waals surface area (Å²) in [4.78, 5) is 39.6. The van der Waals surface area contributed by atoms with Crippen LogP contribution in [-0.4, -0.2) is 54.8 Å². The van der Waals surface area contributed by atoms with Gasteiger partial charge in [-0.2, -0.15) is 9.90 Å². The molecular weight excluding hydrogens is 366 g/mol. The third-order valence-corrected chi connectivity index (χ3v) is 5.71. The molecule has 2 aromatic rings. The second-order valence-electron chi connectivity index (χ2n) is 6.60. The second kappa shape index (κ2) is 7.51. The smallest absolute Gasteiger partial charge is 0.289 e. The molecule has 3 amide bonds. The lowest BCUT2D eigenvalue weighted by molar-refractivity contribution is -0.127. The monoisotopic (exact) mass is 385 g/mol. The van der Waals surface area contributed by atoms with E-state index in [1.54, 1.807) is 0 Å². The summed E-state index contributed by atoms with van der Waals surface area (Å²) in [6.07, 6.45) is 4.73. The first kappa shape index (κ1) is 17.7. The fraction of sp³-hybridized carbons (Fsp3) is 0.389. The predicted molar refractivity (Wildman–Crippen MR) is 99.6 cm³/mol. The summed E-state index contributed by atoms with van der Waals surface area (Å²) in [5.41, 5.74) is 0.967. The minimum absolute atomic E-state index is 0.175. The standard InChI is InChI=1S/C18H19N5O3S/c24-16-11-27-18(26)22(16)15-9-5-4-8-13(15)20-17(25)14-10-19-23(21-14)12-6-2-1-3-7-12/h1-3,6-7,10,13,15H,4-5,8-9,11H2,(H,20,25). The number of nitrogens with zero attached hydrogens (tertiary/aromatic N) is 4. The van der Waals surface area contributed by atoms with Crippen LogP contribution in [0.5, 0.6) is 0 Å². The van der Waals surface area contributed by atoms with Crippen molar-refractivity contribution in [1.29, 1.82) is 0 Å². The topological polar surface area (TPSA) is 97.2 Å². The number of imide groups is 1. The Bertz CT molecular complexity index is 853. The lowest BCUT2D eigenvalue weighted by atomic mass is 9.89. The first-order valence-electron chi connectivity index (χ1n) is 8.91. The van der Waals surface area contributed by atoms with Crippen molar-refractivity contribution in [2.24, 2.45) is 0 Å². The Morgan fingerprint density at radius 2 is 1.93 bits per heavy atom. The molecule has 1 saturated heterocycles. The molecule has 0 spiro atoms. The molecule has 2 atom stereocenters. The van der Waals surface area contributed by atoms with Crippen molar-refractivity contribution in [3.05, 3.63) is 42.2 Å². The number of thioether (sulfide) groups is 1. The molecule has 27 heavy (non-hydrogen) atoms. The zero-order chi connectivity index (χ0) is 18.8. The number of nitrogens with one attached hydrogen (secondary N) is 1. The summed E-state index contributed by atoms with van der Waals surface area (Å²) < 4.78 is 0. The van der Waals surface area contributed by atoms with Crippen molar-refractivity contribution >= 4 is 28.8 Å². The van der Waals surface area contributed by atoms with E-state index in [9.17, 15) is 14.4 Å². The Labute approximate surface area is 160 Å². The van der Waals surface area contributed by atoms with E-state index in [0.717, 1.165) is 36.7 Å². The Morgan fingerprint density at radius 1 is 1.15 bits per heavy atom. The molecule has 1 aromatic heterocycles. The normalized spacial score (nSPS) is 22.9. The molecule has 140 valence electrons. The molecule has 1 N–H and O–H groups in total. The largest absolute Gasteiger partial charge is 0.346 e. The fourth-order valence-corrected chi connectivity index (χ4v) is 4.33. The average molecular weight is 385 g/mol. The maximum absolute atomic E-state index is 12.7. The van der Waals surface area contributed by atoms with Crippen LogP contribution >= 0.6 is 11.8 Å². The molecule has 4 rings (SSSR count). The van der Waals surface area contributed by atoms with Crippen molar-refractivity contribution in [3.8, 4) is 5.69 Å². The van der Waals surface area contributed by atoms with Gasteiger partial charge in [-0.15, -0.1) is 5.10 Å². The van der Waals surface area contributed by atoms with Gasteiger partial charge in [-0.1, -0.05) is 42.8 Å². The van der Waals surface area contributed by atoms with E-state index in [4.69, 9.17) is 0 Å². The lowest BCUT2D eigenvalue weighted by Crippen LogP contribution is -2.54. The first-order valence-corrected chi connectivity index (χ1v) is 9.89. The molecule has 0 bridgehead atoms. The van der Waals surface area contributed by atoms with Gasteiger partial charge in [0.05, 0.1) is 29.7 Å². The third-order valence-electron chi connectivity index (χ3n) is 4.87. The Morgan fingerprint density at radius 3 is 2.67 bits per heavy atom. The minimum atomic E-state index is -0.346. The zero-order valence-electron chi connectivity index (χ0n) is 14.6. The number of benzene rings is 1. The van der Waals surface area contributed by atoms with Gasteiger partial charge in [0, 0.05) is 0 Å².